The molecule has 3 N–H and O–H groups in total. The largest absolute Gasteiger partial charge is 0.347 e. The van der Waals surface area contributed by atoms with Gasteiger partial charge in [-0.3, -0.25) is 4.79 Å². The van der Waals surface area contributed by atoms with Crippen molar-refractivity contribution < 1.29 is 4.79 Å². The highest BCUT2D eigenvalue weighted by Crippen LogP contribution is 2.24. The van der Waals surface area contributed by atoms with E-state index in [1.54, 1.807) is 4.90 Å². The Morgan fingerprint density at radius 1 is 1.26 bits per heavy atom. The number of likely N-dealkylation sites (N-methyl/N-ethyl adjacent to an activating group) is 1. The lowest BCUT2D eigenvalue weighted by atomic mass is 10.2. The molecule has 1 fully saturated rings. The van der Waals surface area contributed by atoms with Gasteiger partial charge in [0.15, 0.2) is 0 Å². The molecule has 0 aromatic carbocycles. The minimum Gasteiger partial charge on any atom is -0.347 e. The third-order valence-electron chi connectivity index (χ3n) is 3.34. The van der Waals surface area contributed by atoms with E-state index in [9.17, 15) is 4.79 Å². The zero-order valence-electron chi connectivity index (χ0n) is 11.6. The van der Waals surface area contributed by atoms with Crippen molar-refractivity contribution in [1.29, 1.82) is 0 Å². The third kappa shape index (κ3) is 2.76. The topological polar surface area (TPSA) is 87.4 Å². The van der Waals surface area contributed by atoms with Crippen LogP contribution in [-0.2, 0) is 4.79 Å². The predicted octanol–water partition coefficient (Wildman–Crippen LogP) is 0.0475. The molecule has 7 heteroatoms. The summed E-state index contributed by atoms with van der Waals surface area (Å²) in [4.78, 5) is 24.4. The predicted molar refractivity (Wildman–Crippen MR) is 73.8 cm³/mol. The van der Waals surface area contributed by atoms with Crippen LogP contribution in [-0.4, -0.2) is 47.5 Å². The minimum atomic E-state index is 0.107. The van der Waals surface area contributed by atoms with Crippen molar-refractivity contribution in [1.82, 2.24) is 14.9 Å². The normalized spacial score (nSPS) is 16.5. The number of aromatic nitrogens is 2. The number of hydrogen-bond acceptors (Lipinski definition) is 6. The molecular weight excluding hydrogens is 244 g/mol. The molecule has 0 aliphatic carbocycles. The van der Waals surface area contributed by atoms with Gasteiger partial charge >= 0.3 is 0 Å². The second-order valence-electron chi connectivity index (χ2n) is 4.80. The van der Waals surface area contributed by atoms with Crippen LogP contribution in [0.15, 0.2) is 0 Å². The Labute approximate surface area is 112 Å². The van der Waals surface area contributed by atoms with Crippen LogP contribution >= 0.6 is 0 Å². The quantitative estimate of drug-likeness (QED) is 0.579. The Kier molecular flexibility index (Phi) is 3.84. The Bertz CT molecular complexity index is 489. The molecule has 2 heterocycles. The number of hydrazine groups is 1. The second-order valence-corrected chi connectivity index (χ2v) is 4.80. The van der Waals surface area contributed by atoms with Gasteiger partial charge in [0.1, 0.15) is 17.5 Å². The van der Waals surface area contributed by atoms with Crippen LogP contribution in [0.5, 0.6) is 0 Å². The number of nitrogens with two attached hydrogens (primary N) is 1. The van der Waals surface area contributed by atoms with E-state index < -0.39 is 0 Å². The number of carbonyl (C=O) groups is 1. The average molecular weight is 264 g/mol. The molecule has 1 saturated heterocycles. The van der Waals surface area contributed by atoms with Gasteiger partial charge in [-0.05, 0) is 20.3 Å². The fraction of sp³-hybridized carbons (Fsp3) is 0.583. The fourth-order valence-electron chi connectivity index (χ4n) is 2.23. The molecule has 2 rings (SSSR count). The van der Waals surface area contributed by atoms with Crippen LogP contribution < -0.4 is 16.2 Å². The smallest absolute Gasteiger partial charge is 0.241 e. The van der Waals surface area contributed by atoms with Gasteiger partial charge < -0.3 is 15.2 Å². The monoisotopic (exact) mass is 264 g/mol. The first kappa shape index (κ1) is 13.5. The van der Waals surface area contributed by atoms with Crippen molar-refractivity contribution in [3.05, 3.63) is 11.4 Å². The molecule has 19 heavy (non-hydrogen) atoms. The van der Waals surface area contributed by atoms with E-state index in [1.807, 2.05) is 25.8 Å². The van der Waals surface area contributed by atoms with E-state index in [-0.39, 0.29) is 5.91 Å². The lowest BCUT2D eigenvalue weighted by Crippen LogP contribution is -2.35. The lowest BCUT2D eigenvalue weighted by molar-refractivity contribution is -0.127. The molecule has 0 saturated carbocycles. The molecule has 1 aliphatic heterocycles. The molecule has 0 unspecified atom stereocenters. The third-order valence-corrected chi connectivity index (χ3v) is 3.34. The maximum absolute atomic E-state index is 11.9. The van der Waals surface area contributed by atoms with Crippen molar-refractivity contribution in [3.8, 4) is 0 Å². The summed E-state index contributed by atoms with van der Waals surface area (Å²) in [5.74, 6) is 7.59. The first-order valence-corrected chi connectivity index (χ1v) is 6.33. The van der Waals surface area contributed by atoms with Crippen LogP contribution in [0.4, 0.5) is 11.6 Å². The number of anilines is 2. The van der Waals surface area contributed by atoms with E-state index in [1.165, 1.54) is 0 Å². The van der Waals surface area contributed by atoms with Crippen molar-refractivity contribution in [2.24, 2.45) is 5.84 Å². The van der Waals surface area contributed by atoms with Crippen LogP contribution in [0.2, 0.25) is 0 Å². The molecule has 0 radical (unpaired) electrons. The van der Waals surface area contributed by atoms with Gasteiger partial charge in [0.05, 0.1) is 6.54 Å². The van der Waals surface area contributed by atoms with Crippen LogP contribution in [0.25, 0.3) is 0 Å². The molecule has 1 amide bonds. The number of rotatable bonds is 2. The highest BCUT2D eigenvalue weighted by Gasteiger charge is 2.22. The summed E-state index contributed by atoms with van der Waals surface area (Å²) < 4.78 is 0. The van der Waals surface area contributed by atoms with Gasteiger partial charge in [0.2, 0.25) is 5.91 Å². The summed E-state index contributed by atoms with van der Waals surface area (Å²) in [6.07, 6.45) is 0.927. The second kappa shape index (κ2) is 5.40. The van der Waals surface area contributed by atoms with Crippen LogP contribution in [0, 0.1) is 13.8 Å². The number of aryl methyl sites for hydroxylation is 1. The summed E-state index contributed by atoms with van der Waals surface area (Å²) in [5.41, 5.74) is 3.44. The maximum atomic E-state index is 11.9. The highest BCUT2D eigenvalue weighted by atomic mass is 16.2. The summed E-state index contributed by atoms with van der Waals surface area (Å²) in [5, 5.41) is 0. The fourth-order valence-corrected chi connectivity index (χ4v) is 2.23. The Hall–Kier alpha value is -1.89. The average Bonchev–Trinajstić information content (AvgIpc) is 2.54. The Balaban J connectivity index is 2.35. The SMILES string of the molecule is Cc1nc(NN)c(C)c(N2CCCN(C)C(=O)C2)n1. The number of nitrogens with one attached hydrogen (secondary N) is 1. The maximum Gasteiger partial charge on any atom is 0.241 e. The van der Waals surface area contributed by atoms with Crippen molar-refractivity contribution in [2.45, 2.75) is 20.3 Å². The van der Waals surface area contributed by atoms with Crippen molar-refractivity contribution in [2.75, 3.05) is 37.0 Å². The van der Waals surface area contributed by atoms with E-state index in [4.69, 9.17) is 5.84 Å². The molecular formula is C12H20N6O. The van der Waals surface area contributed by atoms with Gasteiger partial charge in [-0.25, -0.2) is 15.8 Å². The van der Waals surface area contributed by atoms with E-state index in [0.29, 0.717) is 18.2 Å². The standard InChI is InChI=1S/C12H20N6O/c1-8-11(16-13)14-9(2)15-12(8)18-6-4-5-17(3)10(19)7-18/h4-7,13H2,1-3H3,(H,14,15,16). The number of hydrogen-bond donors (Lipinski definition) is 2. The molecule has 1 aliphatic rings. The number of nitrogens with zero attached hydrogens (tertiary/aromatic N) is 4. The Morgan fingerprint density at radius 2 is 2.00 bits per heavy atom. The summed E-state index contributed by atoms with van der Waals surface area (Å²) >= 11 is 0. The minimum absolute atomic E-state index is 0.107. The van der Waals surface area contributed by atoms with E-state index in [0.717, 1.165) is 30.9 Å². The van der Waals surface area contributed by atoms with Crippen molar-refractivity contribution >= 4 is 17.5 Å². The van der Waals surface area contributed by atoms with Gasteiger partial charge in [0.25, 0.3) is 0 Å². The van der Waals surface area contributed by atoms with Gasteiger partial charge in [-0.2, -0.15) is 0 Å². The summed E-state index contributed by atoms with van der Waals surface area (Å²) in [6, 6.07) is 0. The first-order chi connectivity index (χ1) is 9.02. The van der Waals surface area contributed by atoms with Gasteiger partial charge in [-0.15, -0.1) is 0 Å². The zero-order chi connectivity index (χ0) is 14.0. The molecule has 1 aromatic rings. The highest BCUT2D eigenvalue weighted by molar-refractivity contribution is 5.82. The summed E-state index contributed by atoms with van der Waals surface area (Å²) in [6.45, 7) is 5.65. The molecule has 0 atom stereocenters. The van der Waals surface area contributed by atoms with E-state index in [2.05, 4.69) is 15.4 Å². The number of carbonyl (C=O) groups excluding carboxylic acids is 1. The van der Waals surface area contributed by atoms with Crippen molar-refractivity contribution in [3.63, 3.8) is 0 Å². The molecule has 1 aromatic heterocycles. The summed E-state index contributed by atoms with van der Waals surface area (Å²) in [7, 11) is 1.83. The lowest BCUT2D eigenvalue weighted by Gasteiger charge is -2.23. The van der Waals surface area contributed by atoms with E-state index >= 15 is 0 Å². The molecule has 104 valence electrons. The molecule has 0 bridgehead atoms. The number of amides is 1. The first-order valence-electron chi connectivity index (χ1n) is 6.33. The van der Waals surface area contributed by atoms with Crippen LogP contribution in [0.1, 0.15) is 17.8 Å². The van der Waals surface area contributed by atoms with Gasteiger partial charge in [0, 0.05) is 25.7 Å². The molecule has 0 spiro atoms. The Morgan fingerprint density at radius 3 is 2.68 bits per heavy atom. The van der Waals surface area contributed by atoms with Gasteiger partial charge in [-0.1, -0.05) is 0 Å². The number of nitrogen functional groups attached to an aromatic ring is 1. The molecule has 7 nitrogen and oxygen atoms in total. The van der Waals surface area contributed by atoms with Crippen LogP contribution in [0.3, 0.4) is 0 Å². The zero-order valence-corrected chi connectivity index (χ0v) is 11.6.